The van der Waals surface area contributed by atoms with Gasteiger partial charge in [0.25, 0.3) is 5.91 Å². The zero-order valence-electron chi connectivity index (χ0n) is 10.4. The van der Waals surface area contributed by atoms with E-state index in [-0.39, 0.29) is 11.9 Å². The largest absolute Gasteiger partial charge is 0.442 e. The molecule has 3 unspecified atom stereocenters. The first kappa shape index (κ1) is 10.9. The number of aromatic nitrogens is 2. The Labute approximate surface area is 109 Å². The van der Waals surface area contributed by atoms with Crippen molar-refractivity contribution in [2.45, 2.75) is 12.5 Å². The number of nitrogens with zero attached hydrogens (tertiary/aromatic N) is 3. The molecule has 4 rings (SSSR count). The lowest BCUT2D eigenvalue weighted by molar-refractivity contribution is 0.0919. The van der Waals surface area contributed by atoms with Gasteiger partial charge in [-0.05, 0) is 24.9 Å². The number of pyridine rings is 1. The fourth-order valence-corrected chi connectivity index (χ4v) is 3.08. The van der Waals surface area contributed by atoms with Crippen LogP contribution in [0.3, 0.4) is 0 Å². The van der Waals surface area contributed by atoms with Gasteiger partial charge in [-0.2, -0.15) is 0 Å². The van der Waals surface area contributed by atoms with Crippen molar-refractivity contribution in [1.29, 1.82) is 0 Å². The van der Waals surface area contributed by atoms with Crippen LogP contribution in [0.15, 0.2) is 23.1 Å². The number of fused-ring (bicyclic) bond motifs is 3. The van der Waals surface area contributed by atoms with Crippen molar-refractivity contribution < 1.29 is 9.21 Å². The summed E-state index contributed by atoms with van der Waals surface area (Å²) in [6.45, 7) is 3.24. The van der Waals surface area contributed by atoms with Crippen LogP contribution in [0.25, 0.3) is 11.1 Å². The summed E-state index contributed by atoms with van der Waals surface area (Å²) in [4.78, 5) is 22.7. The third-order valence-corrected chi connectivity index (χ3v) is 4.10. The van der Waals surface area contributed by atoms with Gasteiger partial charge in [-0.25, -0.2) is 9.97 Å². The maximum atomic E-state index is 12.2. The molecule has 3 atom stereocenters. The normalized spacial score (nSPS) is 28.9. The van der Waals surface area contributed by atoms with Gasteiger partial charge in [-0.3, -0.25) is 4.79 Å². The molecule has 2 aromatic heterocycles. The van der Waals surface area contributed by atoms with Crippen LogP contribution >= 0.6 is 0 Å². The van der Waals surface area contributed by atoms with E-state index in [2.05, 4.69) is 20.2 Å². The number of amides is 1. The molecule has 2 bridgehead atoms. The van der Waals surface area contributed by atoms with E-state index in [1.807, 2.05) is 0 Å². The monoisotopic (exact) mass is 258 g/mol. The lowest BCUT2D eigenvalue weighted by Gasteiger charge is -2.22. The highest BCUT2D eigenvalue weighted by atomic mass is 16.3. The summed E-state index contributed by atoms with van der Waals surface area (Å²) in [5, 5.41) is 3.08. The quantitative estimate of drug-likeness (QED) is 0.856. The fourth-order valence-electron chi connectivity index (χ4n) is 3.08. The van der Waals surface area contributed by atoms with E-state index in [1.54, 1.807) is 12.3 Å². The summed E-state index contributed by atoms with van der Waals surface area (Å²) < 4.78 is 5.11. The van der Waals surface area contributed by atoms with Crippen molar-refractivity contribution in [1.82, 2.24) is 20.2 Å². The number of rotatable bonds is 2. The van der Waals surface area contributed by atoms with Crippen LogP contribution in [-0.4, -0.2) is 46.5 Å². The molecule has 0 spiro atoms. The second-order valence-electron chi connectivity index (χ2n) is 5.28. The predicted molar refractivity (Wildman–Crippen MR) is 67.6 cm³/mol. The molecule has 6 nitrogen and oxygen atoms in total. The molecule has 1 amide bonds. The number of hydrogen-bond acceptors (Lipinski definition) is 5. The van der Waals surface area contributed by atoms with Crippen molar-refractivity contribution >= 4 is 17.0 Å². The van der Waals surface area contributed by atoms with Crippen LogP contribution in [-0.2, 0) is 0 Å². The van der Waals surface area contributed by atoms with Crippen LogP contribution in [0.5, 0.6) is 0 Å². The number of nitrogens with one attached hydrogen (secondary N) is 1. The van der Waals surface area contributed by atoms with E-state index in [0.717, 1.165) is 13.1 Å². The Hall–Kier alpha value is -1.95. The Kier molecular flexibility index (Phi) is 2.32. The molecule has 2 aliphatic heterocycles. The third kappa shape index (κ3) is 1.79. The summed E-state index contributed by atoms with van der Waals surface area (Å²) in [5.41, 5.74) is 1.67. The highest BCUT2D eigenvalue weighted by molar-refractivity contribution is 5.95. The average molecular weight is 258 g/mol. The van der Waals surface area contributed by atoms with Crippen LogP contribution in [0, 0.1) is 5.92 Å². The van der Waals surface area contributed by atoms with Crippen LogP contribution in [0.4, 0.5) is 0 Å². The first-order chi connectivity index (χ1) is 9.29. The Morgan fingerprint density at radius 3 is 3.16 bits per heavy atom. The zero-order chi connectivity index (χ0) is 12.8. The second kappa shape index (κ2) is 4.03. The highest BCUT2D eigenvalue weighted by Gasteiger charge is 2.38. The molecule has 98 valence electrons. The molecule has 0 aliphatic carbocycles. The van der Waals surface area contributed by atoms with E-state index in [1.165, 1.54) is 19.4 Å². The minimum absolute atomic E-state index is 0.122. The number of hydrogen-bond donors (Lipinski definition) is 1. The number of piperidine rings is 1. The number of carbonyl (C=O) groups is 1. The number of carbonyl (C=O) groups excluding carboxylic acids is 1. The summed E-state index contributed by atoms with van der Waals surface area (Å²) in [5.74, 6) is 0.475. The third-order valence-electron chi connectivity index (χ3n) is 4.10. The van der Waals surface area contributed by atoms with E-state index < -0.39 is 0 Å². The molecule has 0 saturated carbocycles. The van der Waals surface area contributed by atoms with Gasteiger partial charge in [-0.15, -0.1) is 0 Å². The predicted octanol–water partition coefficient (Wildman–Crippen LogP) is 0.657. The molecular formula is C13H14N4O2. The highest BCUT2D eigenvalue weighted by Crippen LogP contribution is 2.27. The molecule has 0 radical (unpaired) electrons. The molecule has 2 fully saturated rings. The molecule has 2 saturated heterocycles. The molecule has 4 heterocycles. The minimum atomic E-state index is -0.122. The summed E-state index contributed by atoms with van der Waals surface area (Å²) >= 11 is 0. The minimum Gasteiger partial charge on any atom is -0.442 e. The first-order valence-corrected chi connectivity index (χ1v) is 6.52. The van der Waals surface area contributed by atoms with Crippen molar-refractivity contribution in [2.75, 3.05) is 19.6 Å². The molecular weight excluding hydrogens is 244 g/mol. The Morgan fingerprint density at radius 1 is 1.42 bits per heavy atom. The second-order valence-corrected chi connectivity index (χ2v) is 5.28. The van der Waals surface area contributed by atoms with Gasteiger partial charge < -0.3 is 14.6 Å². The summed E-state index contributed by atoms with van der Waals surface area (Å²) in [6.07, 6.45) is 4.08. The first-order valence-electron chi connectivity index (χ1n) is 6.52. The van der Waals surface area contributed by atoms with Gasteiger partial charge in [-0.1, -0.05) is 0 Å². The number of oxazole rings is 1. The van der Waals surface area contributed by atoms with Gasteiger partial charge in [0.15, 0.2) is 12.0 Å². The van der Waals surface area contributed by atoms with Gasteiger partial charge >= 0.3 is 0 Å². The topological polar surface area (TPSA) is 71.3 Å². The van der Waals surface area contributed by atoms with Crippen LogP contribution in [0.2, 0.25) is 0 Å². The summed E-state index contributed by atoms with van der Waals surface area (Å²) in [6, 6.07) is 1.93. The average Bonchev–Trinajstić information content (AvgIpc) is 3.13. The van der Waals surface area contributed by atoms with E-state index >= 15 is 0 Å². The van der Waals surface area contributed by atoms with Crippen molar-refractivity contribution in [2.24, 2.45) is 5.92 Å². The van der Waals surface area contributed by atoms with Crippen molar-refractivity contribution in [3.8, 4) is 0 Å². The van der Waals surface area contributed by atoms with Crippen molar-refractivity contribution in [3.05, 3.63) is 24.4 Å². The van der Waals surface area contributed by atoms with E-state index in [4.69, 9.17) is 4.42 Å². The Balaban J connectivity index is 1.53. The smallest absolute Gasteiger partial charge is 0.270 e. The lowest BCUT2D eigenvalue weighted by Crippen LogP contribution is -2.43. The van der Waals surface area contributed by atoms with E-state index in [9.17, 15) is 4.79 Å². The van der Waals surface area contributed by atoms with Gasteiger partial charge in [0.05, 0.1) is 6.20 Å². The summed E-state index contributed by atoms with van der Waals surface area (Å²) in [7, 11) is 0. The van der Waals surface area contributed by atoms with Crippen LogP contribution in [0.1, 0.15) is 16.9 Å². The molecule has 1 N–H and O–H groups in total. The Morgan fingerprint density at radius 2 is 2.37 bits per heavy atom. The zero-order valence-corrected chi connectivity index (χ0v) is 10.4. The molecule has 2 aliphatic rings. The standard InChI is InChI=1S/C13H14N4O2/c18-13(16-11-6-17-2-1-8(11)5-17)10-3-9-12(4-14-10)19-7-15-9/h3-4,7-8,11H,1-2,5-6H2,(H,16,18). The molecule has 0 aromatic carbocycles. The lowest BCUT2D eigenvalue weighted by atomic mass is 10.00. The van der Waals surface area contributed by atoms with Gasteiger partial charge in [0.1, 0.15) is 11.2 Å². The van der Waals surface area contributed by atoms with E-state index in [0.29, 0.717) is 22.7 Å². The van der Waals surface area contributed by atoms with Gasteiger partial charge in [0.2, 0.25) is 0 Å². The molecule has 2 aromatic rings. The van der Waals surface area contributed by atoms with Gasteiger partial charge in [0, 0.05) is 19.1 Å². The van der Waals surface area contributed by atoms with Crippen molar-refractivity contribution in [3.63, 3.8) is 0 Å². The molecule has 19 heavy (non-hydrogen) atoms. The SMILES string of the molecule is O=C(NC1CN2CCC1C2)c1cc2ncoc2cn1. The maximum absolute atomic E-state index is 12.2. The fraction of sp³-hybridized carbons (Fsp3) is 0.462. The van der Waals surface area contributed by atoms with Crippen LogP contribution < -0.4 is 5.32 Å². The maximum Gasteiger partial charge on any atom is 0.270 e. The molecule has 6 heteroatoms. The Bertz CT molecular complexity index is 638.